The Balaban J connectivity index is 1.40. The molecule has 0 bridgehead atoms. The second-order valence-corrected chi connectivity index (χ2v) is 8.45. The number of nitrogens with zero attached hydrogens (tertiary/aromatic N) is 4. The van der Waals surface area contributed by atoms with Gasteiger partial charge in [0.2, 0.25) is 0 Å². The van der Waals surface area contributed by atoms with Gasteiger partial charge in [-0.05, 0) is 43.5 Å². The van der Waals surface area contributed by atoms with Crippen LogP contribution in [0.5, 0.6) is 0 Å². The number of fused-ring (bicyclic) bond motifs is 2. The SMILES string of the molecule is Cc1ccc2oc(C3CCN(c4cc(=O)n(C)c5cc(NCCO)cnc45)CC3)nc2c1. The number of hydrogen-bond acceptors (Lipinski definition) is 7. The van der Waals surface area contributed by atoms with Crippen molar-refractivity contribution in [3.05, 3.63) is 58.3 Å². The summed E-state index contributed by atoms with van der Waals surface area (Å²) in [6, 6.07) is 9.67. The third-order valence-corrected chi connectivity index (χ3v) is 6.25. The molecule has 2 N–H and O–H groups in total. The first-order valence-corrected chi connectivity index (χ1v) is 11.0. The molecule has 0 amide bonds. The molecule has 0 radical (unpaired) electrons. The molecule has 5 rings (SSSR count). The molecule has 1 saturated heterocycles. The maximum atomic E-state index is 12.7. The van der Waals surface area contributed by atoms with E-state index in [1.165, 1.54) is 5.56 Å². The highest BCUT2D eigenvalue weighted by molar-refractivity contribution is 5.90. The Bertz CT molecular complexity index is 1330. The van der Waals surface area contributed by atoms with Gasteiger partial charge in [0.1, 0.15) is 11.0 Å². The molecule has 0 saturated carbocycles. The van der Waals surface area contributed by atoms with E-state index < -0.39 is 0 Å². The molecule has 4 heterocycles. The molecule has 1 aliphatic heterocycles. The van der Waals surface area contributed by atoms with Crippen LogP contribution in [-0.2, 0) is 7.05 Å². The monoisotopic (exact) mass is 433 g/mol. The molecule has 0 unspecified atom stereocenters. The van der Waals surface area contributed by atoms with Crippen molar-refractivity contribution in [2.45, 2.75) is 25.7 Å². The van der Waals surface area contributed by atoms with Gasteiger partial charge in [0.15, 0.2) is 11.5 Å². The van der Waals surface area contributed by atoms with Crippen molar-refractivity contribution in [3.63, 3.8) is 0 Å². The standard InChI is InChI=1S/C24H27N5O3/c1-15-3-4-21-18(11-15)27-24(32-21)16-5-8-29(9-6-16)20-13-22(31)28(2)19-12-17(25-7-10-30)14-26-23(19)20/h3-4,11-14,16,25,30H,5-10H2,1-2H3. The summed E-state index contributed by atoms with van der Waals surface area (Å²) in [5, 5.41) is 12.2. The van der Waals surface area contributed by atoms with E-state index in [0.29, 0.717) is 6.54 Å². The van der Waals surface area contributed by atoms with E-state index in [-0.39, 0.29) is 18.1 Å². The lowest BCUT2D eigenvalue weighted by molar-refractivity contribution is 0.311. The predicted molar refractivity (Wildman–Crippen MR) is 125 cm³/mol. The zero-order valence-electron chi connectivity index (χ0n) is 18.3. The van der Waals surface area contributed by atoms with Crippen LogP contribution in [0.3, 0.4) is 0 Å². The number of anilines is 2. The van der Waals surface area contributed by atoms with Crippen molar-refractivity contribution in [1.29, 1.82) is 0 Å². The fourth-order valence-electron chi connectivity index (χ4n) is 4.44. The molecule has 1 fully saturated rings. The molecule has 0 aliphatic carbocycles. The summed E-state index contributed by atoms with van der Waals surface area (Å²) in [5.74, 6) is 1.07. The zero-order valence-corrected chi connectivity index (χ0v) is 18.3. The Morgan fingerprint density at radius 3 is 2.81 bits per heavy atom. The van der Waals surface area contributed by atoms with Crippen LogP contribution in [0.25, 0.3) is 22.1 Å². The lowest BCUT2D eigenvalue weighted by Crippen LogP contribution is -2.34. The van der Waals surface area contributed by atoms with E-state index in [1.807, 2.05) is 18.2 Å². The topological polar surface area (TPSA) is 96.4 Å². The lowest BCUT2D eigenvalue weighted by Gasteiger charge is -2.32. The largest absolute Gasteiger partial charge is 0.440 e. The molecule has 0 spiro atoms. The predicted octanol–water partition coefficient (Wildman–Crippen LogP) is 3.17. The first kappa shape index (κ1) is 20.5. The first-order chi connectivity index (χ1) is 15.5. The number of oxazole rings is 1. The van der Waals surface area contributed by atoms with E-state index in [1.54, 1.807) is 23.9 Å². The van der Waals surface area contributed by atoms with Gasteiger partial charge in [-0.2, -0.15) is 0 Å². The molecular formula is C24H27N5O3. The maximum Gasteiger partial charge on any atom is 0.252 e. The number of nitrogens with one attached hydrogen (secondary N) is 1. The van der Waals surface area contributed by atoms with Crippen LogP contribution in [0.1, 0.15) is 30.2 Å². The molecule has 1 aromatic carbocycles. The number of rotatable bonds is 5. The number of aryl methyl sites for hydroxylation is 2. The van der Waals surface area contributed by atoms with Gasteiger partial charge >= 0.3 is 0 Å². The van der Waals surface area contributed by atoms with Gasteiger partial charge in [0.05, 0.1) is 29.7 Å². The second kappa shape index (κ2) is 8.27. The fraction of sp³-hybridized carbons (Fsp3) is 0.375. The Kier molecular flexibility index (Phi) is 5.30. The highest BCUT2D eigenvalue weighted by Gasteiger charge is 2.26. The molecule has 3 aromatic heterocycles. The summed E-state index contributed by atoms with van der Waals surface area (Å²) in [5.41, 5.74) is 6.07. The number of pyridine rings is 2. The van der Waals surface area contributed by atoms with Crippen molar-refractivity contribution in [2.24, 2.45) is 7.05 Å². The second-order valence-electron chi connectivity index (χ2n) is 8.45. The van der Waals surface area contributed by atoms with Gasteiger partial charge in [-0.25, -0.2) is 4.98 Å². The van der Waals surface area contributed by atoms with Crippen molar-refractivity contribution >= 4 is 33.5 Å². The van der Waals surface area contributed by atoms with Gasteiger partial charge in [0.25, 0.3) is 5.56 Å². The summed E-state index contributed by atoms with van der Waals surface area (Å²) in [7, 11) is 1.76. The molecular weight excluding hydrogens is 406 g/mol. The van der Waals surface area contributed by atoms with Crippen molar-refractivity contribution in [1.82, 2.24) is 14.5 Å². The van der Waals surface area contributed by atoms with Crippen LogP contribution in [0.15, 0.2) is 45.7 Å². The maximum absolute atomic E-state index is 12.7. The van der Waals surface area contributed by atoms with Crippen LogP contribution >= 0.6 is 0 Å². The molecule has 32 heavy (non-hydrogen) atoms. The molecule has 8 nitrogen and oxygen atoms in total. The normalized spacial score (nSPS) is 15.0. The summed E-state index contributed by atoms with van der Waals surface area (Å²) in [4.78, 5) is 24.3. The van der Waals surface area contributed by atoms with Gasteiger partial charge in [-0.15, -0.1) is 0 Å². The van der Waals surface area contributed by atoms with Crippen LogP contribution in [0, 0.1) is 6.92 Å². The van der Waals surface area contributed by atoms with Gasteiger partial charge in [-0.3, -0.25) is 9.78 Å². The van der Waals surface area contributed by atoms with Crippen LogP contribution < -0.4 is 15.8 Å². The first-order valence-electron chi connectivity index (χ1n) is 11.0. The number of aromatic nitrogens is 3. The molecule has 4 aromatic rings. The van der Waals surface area contributed by atoms with E-state index in [0.717, 1.165) is 65.3 Å². The minimum atomic E-state index is -0.0648. The highest BCUT2D eigenvalue weighted by atomic mass is 16.3. The molecule has 8 heteroatoms. The Hall–Kier alpha value is -3.39. The minimum absolute atomic E-state index is 0.0334. The van der Waals surface area contributed by atoms with Crippen molar-refractivity contribution in [3.8, 4) is 0 Å². The Morgan fingerprint density at radius 2 is 2.03 bits per heavy atom. The van der Waals surface area contributed by atoms with E-state index in [9.17, 15) is 4.79 Å². The summed E-state index contributed by atoms with van der Waals surface area (Å²) < 4.78 is 7.65. The third-order valence-electron chi connectivity index (χ3n) is 6.25. The average molecular weight is 434 g/mol. The Labute approximate surface area is 185 Å². The quantitative estimate of drug-likeness (QED) is 0.499. The summed E-state index contributed by atoms with van der Waals surface area (Å²) in [6.45, 7) is 4.13. The minimum Gasteiger partial charge on any atom is -0.440 e. The molecule has 166 valence electrons. The highest BCUT2D eigenvalue weighted by Crippen LogP contribution is 2.34. The number of hydrogen-bond donors (Lipinski definition) is 2. The van der Waals surface area contributed by atoms with Crippen LogP contribution in [-0.4, -0.2) is 45.9 Å². The summed E-state index contributed by atoms with van der Waals surface area (Å²) >= 11 is 0. The van der Waals surface area contributed by atoms with Gasteiger partial charge in [-0.1, -0.05) is 6.07 Å². The number of aliphatic hydroxyl groups is 1. The van der Waals surface area contributed by atoms with Crippen LogP contribution in [0.4, 0.5) is 11.4 Å². The van der Waals surface area contributed by atoms with E-state index in [2.05, 4.69) is 28.2 Å². The average Bonchev–Trinajstić information content (AvgIpc) is 3.23. The van der Waals surface area contributed by atoms with Gasteiger partial charge < -0.3 is 24.3 Å². The van der Waals surface area contributed by atoms with Crippen LogP contribution in [0.2, 0.25) is 0 Å². The summed E-state index contributed by atoms with van der Waals surface area (Å²) in [6.07, 6.45) is 3.55. The molecule has 1 aliphatic rings. The fourth-order valence-corrected chi connectivity index (χ4v) is 4.44. The number of aliphatic hydroxyl groups excluding tert-OH is 1. The van der Waals surface area contributed by atoms with E-state index >= 15 is 0 Å². The van der Waals surface area contributed by atoms with Crippen molar-refractivity contribution in [2.75, 3.05) is 36.5 Å². The molecule has 0 atom stereocenters. The zero-order chi connectivity index (χ0) is 22.2. The third kappa shape index (κ3) is 3.71. The van der Waals surface area contributed by atoms with E-state index in [4.69, 9.17) is 14.5 Å². The van der Waals surface area contributed by atoms with Gasteiger partial charge in [0, 0.05) is 38.7 Å². The number of benzene rings is 1. The van der Waals surface area contributed by atoms with Crippen molar-refractivity contribution < 1.29 is 9.52 Å². The number of piperidine rings is 1. The lowest BCUT2D eigenvalue weighted by atomic mass is 9.96. The Morgan fingerprint density at radius 1 is 1.22 bits per heavy atom. The smallest absolute Gasteiger partial charge is 0.252 e.